The van der Waals surface area contributed by atoms with Crippen LogP contribution in [0.2, 0.25) is 0 Å². The third kappa shape index (κ3) is 8.03. The molecular weight excluding hydrogens is 226 g/mol. The zero-order valence-corrected chi connectivity index (χ0v) is 13.0. The quantitative estimate of drug-likeness (QED) is 0.581. The minimum Gasteiger partial charge on any atom is -0.394 e. The number of hydrogen-bond acceptors (Lipinski definition) is 4. The van der Waals surface area contributed by atoms with Crippen molar-refractivity contribution in [3.63, 3.8) is 0 Å². The maximum Gasteiger partial charge on any atom is 0.0611 e. The van der Waals surface area contributed by atoms with E-state index in [1.807, 2.05) is 0 Å². The fraction of sp³-hybridized carbons (Fsp3) is 1.00. The summed E-state index contributed by atoms with van der Waals surface area (Å²) in [4.78, 5) is 4.71. The van der Waals surface area contributed by atoms with Crippen molar-refractivity contribution in [2.75, 3.05) is 53.4 Å². The maximum atomic E-state index is 9.49. The Morgan fingerprint density at radius 1 is 1.06 bits per heavy atom. The minimum absolute atomic E-state index is 0.140. The van der Waals surface area contributed by atoms with E-state index in [2.05, 4.69) is 50.0 Å². The lowest BCUT2D eigenvalue weighted by molar-refractivity contribution is 0.143. The summed E-state index contributed by atoms with van der Waals surface area (Å²) in [6.45, 7) is 11.9. The molecule has 4 heteroatoms. The highest BCUT2D eigenvalue weighted by atomic mass is 16.3. The van der Waals surface area contributed by atoms with Gasteiger partial charge in [0.1, 0.15) is 0 Å². The molecule has 0 saturated carbocycles. The summed E-state index contributed by atoms with van der Waals surface area (Å²) in [6.07, 6.45) is 2.18. The molecule has 0 bridgehead atoms. The Balaban J connectivity index is 4.14. The Morgan fingerprint density at radius 3 is 2.17 bits per heavy atom. The molecule has 0 rings (SSSR count). The van der Waals surface area contributed by atoms with Crippen molar-refractivity contribution in [3.8, 4) is 0 Å². The lowest BCUT2D eigenvalue weighted by Gasteiger charge is -2.32. The molecule has 0 heterocycles. The van der Waals surface area contributed by atoms with Gasteiger partial charge in [0.2, 0.25) is 0 Å². The van der Waals surface area contributed by atoms with E-state index in [0.29, 0.717) is 0 Å². The first-order valence-corrected chi connectivity index (χ1v) is 7.20. The second kappa shape index (κ2) is 9.73. The Bertz CT molecular complexity index is 199. The van der Waals surface area contributed by atoms with Crippen LogP contribution in [-0.2, 0) is 0 Å². The normalized spacial score (nSPS) is 15.3. The van der Waals surface area contributed by atoms with Crippen LogP contribution in [0.4, 0.5) is 0 Å². The molecule has 0 aliphatic rings. The average Bonchev–Trinajstić information content (AvgIpc) is 2.33. The number of nitrogens with zero attached hydrogens (tertiary/aromatic N) is 2. The lowest BCUT2D eigenvalue weighted by atomic mass is 9.98. The fourth-order valence-electron chi connectivity index (χ4n) is 2.05. The zero-order chi connectivity index (χ0) is 14.0. The van der Waals surface area contributed by atoms with Crippen LogP contribution in [0.1, 0.15) is 33.6 Å². The predicted molar refractivity (Wildman–Crippen MR) is 79.1 cm³/mol. The van der Waals surface area contributed by atoms with Gasteiger partial charge in [-0.1, -0.05) is 13.8 Å². The van der Waals surface area contributed by atoms with E-state index in [1.54, 1.807) is 0 Å². The molecule has 0 aliphatic heterocycles. The molecule has 0 fully saturated rings. The van der Waals surface area contributed by atoms with E-state index < -0.39 is 0 Å². The Kier molecular flexibility index (Phi) is 9.64. The molecule has 0 aliphatic carbocycles. The van der Waals surface area contributed by atoms with Gasteiger partial charge >= 0.3 is 0 Å². The van der Waals surface area contributed by atoms with Crippen molar-refractivity contribution < 1.29 is 5.11 Å². The van der Waals surface area contributed by atoms with Gasteiger partial charge in [0.05, 0.1) is 6.61 Å². The van der Waals surface area contributed by atoms with Gasteiger partial charge in [0.25, 0.3) is 0 Å². The van der Waals surface area contributed by atoms with Crippen molar-refractivity contribution in [2.24, 2.45) is 0 Å². The molecule has 0 spiro atoms. The van der Waals surface area contributed by atoms with Gasteiger partial charge in [-0.25, -0.2) is 0 Å². The molecule has 0 amide bonds. The third-order valence-electron chi connectivity index (χ3n) is 3.34. The van der Waals surface area contributed by atoms with E-state index in [0.717, 1.165) is 39.1 Å². The highest BCUT2D eigenvalue weighted by Gasteiger charge is 2.22. The lowest BCUT2D eigenvalue weighted by Crippen LogP contribution is -2.48. The molecule has 18 heavy (non-hydrogen) atoms. The summed E-state index contributed by atoms with van der Waals surface area (Å²) in [5.41, 5.74) is -0.140. The minimum atomic E-state index is -0.140. The van der Waals surface area contributed by atoms with Crippen LogP contribution in [0.3, 0.4) is 0 Å². The van der Waals surface area contributed by atoms with E-state index in [9.17, 15) is 5.11 Å². The van der Waals surface area contributed by atoms with Crippen molar-refractivity contribution in [1.29, 1.82) is 0 Å². The van der Waals surface area contributed by atoms with Crippen LogP contribution in [0.5, 0.6) is 0 Å². The first-order valence-electron chi connectivity index (χ1n) is 7.20. The Labute approximate surface area is 113 Å². The smallest absolute Gasteiger partial charge is 0.0611 e. The number of aliphatic hydroxyl groups is 1. The van der Waals surface area contributed by atoms with E-state index >= 15 is 0 Å². The molecule has 1 unspecified atom stereocenters. The molecule has 0 radical (unpaired) electrons. The number of likely N-dealkylation sites (N-methyl/N-ethyl adjacent to an activating group) is 2. The van der Waals surface area contributed by atoms with Gasteiger partial charge in [-0.05, 0) is 47.0 Å². The van der Waals surface area contributed by atoms with Crippen molar-refractivity contribution in [2.45, 2.75) is 39.2 Å². The molecule has 2 N–H and O–H groups in total. The highest BCUT2D eigenvalue weighted by molar-refractivity contribution is 4.83. The Morgan fingerprint density at radius 2 is 1.72 bits per heavy atom. The summed E-state index contributed by atoms with van der Waals surface area (Å²) < 4.78 is 0. The van der Waals surface area contributed by atoms with Crippen LogP contribution in [-0.4, -0.2) is 73.9 Å². The average molecular weight is 259 g/mol. The number of rotatable bonds is 11. The second-order valence-corrected chi connectivity index (χ2v) is 5.64. The van der Waals surface area contributed by atoms with Gasteiger partial charge < -0.3 is 20.2 Å². The van der Waals surface area contributed by atoms with Gasteiger partial charge in [0.15, 0.2) is 0 Å². The van der Waals surface area contributed by atoms with Crippen molar-refractivity contribution in [1.82, 2.24) is 15.1 Å². The van der Waals surface area contributed by atoms with Crippen molar-refractivity contribution in [3.05, 3.63) is 0 Å². The summed E-state index contributed by atoms with van der Waals surface area (Å²) >= 11 is 0. The summed E-state index contributed by atoms with van der Waals surface area (Å²) in [6, 6.07) is 0. The molecule has 1 atom stereocenters. The van der Waals surface area contributed by atoms with Gasteiger partial charge in [-0.3, -0.25) is 0 Å². The predicted octanol–water partition coefficient (Wildman–Crippen LogP) is 1.01. The van der Waals surface area contributed by atoms with Crippen LogP contribution in [0.25, 0.3) is 0 Å². The summed E-state index contributed by atoms with van der Waals surface area (Å²) in [5, 5.41) is 12.9. The molecule has 0 aromatic carbocycles. The molecule has 0 aromatic rings. The van der Waals surface area contributed by atoms with Gasteiger partial charge in [0, 0.05) is 25.2 Å². The highest BCUT2D eigenvalue weighted by Crippen LogP contribution is 2.10. The molecular formula is C14H33N3O. The molecule has 0 aromatic heterocycles. The number of aliphatic hydroxyl groups excluding tert-OH is 1. The first-order chi connectivity index (χ1) is 8.47. The third-order valence-corrected chi connectivity index (χ3v) is 3.34. The zero-order valence-electron chi connectivity index (χ0n) is 13.0. The van der Waals surface area contributed by atoms with E-state index in [1.165, 1.54) is 6.42 Å². The number of hydrogen-bond donors (Lipinski definition) is 2. The Hall–Kier alpha value is -0.160. The van der Waals surface area contributed by atoms with Crippen LogP contribution in [0.15, 0.2) is 0 Å². The summed E-state index contributed by atoms with van der Waals surface area (Å²) in [7, 11) is 4.22. The van der Waals surface area contributed by atoms with Crippen LogP contribution in [0, 0.1) is 0 Å². The molecule has 110 valence electrons. The fourth-order valence-corrected chi connectivity index (χ4v) is 2.05. The van der Waals surface area contributed by atoms with Gasteiger partial charge in [-0.15, -0.1) is 0 Å². The van der Waals surface area contributed by atoms with Crippen LogP contribution < -0.4 is 5.32 Å². The molecule has 4 nitrogen and oxygen atoms in total. The number of nitrogens with one attached hydrogen (secondary N) is 1. The van der Waals surface area contributed by atoms with Crippen LogP contribution >= 0.6 is 0 Å². The maximum absolute atomic E-state index is 9.49. The topological polar surface area (TPSA) is 38.7 Å². The van der Waals surface area contributed by atoms with E-state index in [-0.39, 0.29) is 12.1 Å². The van der Waals surface area contributed by atoms with E-state index in [4.69, 9.17) is 0 Å². The molecule has 0 saturated heterocycles. The first kappa shape index (κ1) is 17.8. The SMILES string of the molecule is CCCN(CCN(C)C)CCC(C)(CO)NCC. The second-order valence-electron chi connectivity index (χ2n) is 5.64. The monoisotopic (exact) mass is 259 g/mol. The van der Waals surface area contributed by atoms with Gasteiger partial charge in [-0.2, -0.15) is 0 Å². The largest absolute Gasteiger partial charge is 0.394 e. The summed E-state index contributed by atoms with van der Waals surface area (Å²) in [5.74, 6) is 0. The standard InChI is InChI=1S/C14H33N3O/c1-6-9-17(12-11-16(4)5)10-8-14(3,13-18)15-7-2/h15,18H,6-13H2,1-5H3. The van der Waals surface area contributed by atoms with Crippen molar-refractivity contribution >= 4 is 0 Å².